The molecule has 0 heterocycles. The van der Waals surface area contributed by atoms with Gasteiger partial charge in [0.05, 0.1) is 18.4 Å². The van der Waals surface area contributed by atoms with Gasteiger partial charge in [0, 0.05) is 27.7 Å². The number of hydrogen-bond acceptors (Lipinski definition) is 8. The molecule has 4 atom stereocenters. The van der Waals surface area contributed by atoms with Crippen molar-refractivity contribution in [1.82, 2.24) is 5.32 Å². The van der Waals surface area contributed by atoms with Crippen LogP contribution in [0, 0.1) is 0 Å². The Kier molecular flexibility index (Phi) is 10.1. The van der Waals surface area contributed by atoms with E-state index in [1.807, 2.05) is 6.07 Å². The highest BCUT2D eigenvalue weighted by Crippen LogP contribution is 2.33. The first-order valence-electron chi connectivity index (χ1n) is 9.49. The van der Waals surface area contributed by atoms with E-state index < -0.39 is 31.0 Å². The smallest absolute Gasteiger partial charge is 0.118 e. The van der Waals surface area contributed by atoms with Crippen LogP contribution in [0.25, 0.3) is 0 Å². The third-order valence-corrected chi connectivity index (χ3v) is 6.08. The Balaban J connectivity index is 2.09. The number of benzene rings is 1. The lowest BCUT2D eigenvalue weighted by Crippen LogP contribution is -2.46. The molecule has 8 nitrogen and oxygen atoms in total. The lowest BCUT2D eigenvalue weighted by molar-refractivity contribution is -0.0999. The van der Waals surface area contributed by atoms with Gasteiger partial charge in [0.1, 0.15) is 24.4 Å². The summed E-state index contributed by atoms with van der Waals surface area (Å²) < 4.78 is 1.53. The van der Waals surface area contributed by atoms with Gasteiger partial charge in [-0.3, -0.25) is 4.99 Å². The molecular weight excluding hydrogens is 512 g/mol. The maximum absolute atomic E-state index is 10.1. The highest BCUT2D eigenvalue weighted by molar-refractivity contribution is 9.11. The van der Waals surface area contributed by atoms with Gasteiger partial charge < -0.3 is 36.0 Å². The summed E-state index contributed by atoms with van der Waals surface area (Å²) in [4.78, 5) is 4.27. The lowest BCUT2D eigenvalue weighted by Gasteiger charge is -2.26. The number of aliphatic hydroxyl groups is 6. The van der Waals surface area contributed by atoms with Gasteiger partial charge in [0.15, 0.2) is 0 Å². The van der Waals surface area contributed by atoms with Gasteiger partial charge in [-0.15, -0.1) is 0 Å². The van der Waals surface area contributed by atoms with Gasteiger partial charge in [-0.2, -0.15) is 0 Å². The van der Waals surface area contributed by atoms with Gasteiger partial charge in [0.25, 0.3) is 0 Å². The Bertz CT molecular complexity index is 685. The molecule has 0 amide bonds. The molecule has 0 spiro atoms. The summed E-state index contributed by atoms with van der Waals surface area (Å²) in [5.74, 6) is 0. The average molecular weight is 540 g/mol. The van der Waals surface area contributed by atoms with Crippen LogP contribution in [0.2, 0.25) is 0 Å². The molecule has 1 aliphatic carbocycles. The number of aliphatic imine (C=N–C) groups is 1. The number of nitrogens with zero attached hydrogens (tertiary/aromatic N) is 1. The van der Waals surface area contributed by atoms with Crippen LogP contribution in [0.5, 0.6) is 0 Å². The fourth-order valence-corrected chi connectivity index (χ4v) is 4.63. The Morgan fingerprint density at radius 2 is 1.72 bits per heavy atom. The number of hydrogen-bond donors (Lipinski definition) is 7. The average Bonchev–Trinajstić information content (AvgIpc) is 2.70. The molecule has 0 radical (unpaired) electrons. The van der Waals surface area contributed by atoms with Crippen molar-refractivity contribution in [2.24, 2.45) is 4.99 Å². The maximum Gasteiger partial charge on any atom is 0.118 e. The van der Waals surface area contributed by atoms with Crippen molar-refractivity contribution in [3.05, 3.63) is 26.6 Å². The van der Waals surface area contributed by atoms with E-state index in [2.05, 4.69) is 42.2 Å². The highest BCUT2D eigenvalue weighted by Gasteiger charge is 2.29. The molecule has 0 bridgehead atoms. The van der Waals surface area contributed by atoms with E-state index in [0.29, 0.717) is 22.7 Å². The summed E-state index contributed by atoms with van der Waals surface area (Å²) >= 11 is 6.90. The Morgan fingerprint density at radius 3 is 2.34 bits per heavy atom. The minimum atomic E-state index is -1.71. The summed E-state index contributed by atoms with van der Waals surface area (Å²) in [5.41, 5.74) is 1.41. The molecule has 0 unspecified atom stereocenters. The van der Waals surface area contributed by atoms with Gasteiger partial charge in [-0.05, 0) is 59.3 Å². The molecule has 1 aromatic carbocycles. The van der Waals surface area contributed by atoms with E-state index >= 15 is 0 Å². The third kappa shape index (κ3) is 7.34. The molecule has 0 saturated heterocycles. The molecule has 10 heteroatoms. The van der Waals surface area contributed by atoms with Crippen LogP contribution in [-0.2, 0) is 6.54 Å². The Labute approximate surface area is 186 Å². The first-order chi connectivity index (χ1) is 13.7. The predicted octanol–water partition coefficient (Wildman–Crippen LogP) is 0.743. The van der Waals surface area contributed by atoms with Crippen LogP contribution in [0.3, 0.4) is 0 Å². The van der Waals surface area contributed by atoms with Gasteiger partial charge in [-0.1, -0.05) is 15.9 Å². The molecular formula is C19H28Br2N2O6. The molecule has 1 aliphatic rings. The molecule has 1 saturated carbocycles. The zero-order valence-electron chi connectivity index (χ0n) is 15.8. The second-order valence-corrected chi connectivity index (χ2v) is 9.05. The van der Waals surface area contributed by atoms with Gasteiger partial charge >= 0.3 is 0 Å². The monoisotopic (exact) mass is 538 g/mol. The zero-order valence-corrected chi connectivity index (χ0v) is 19.0. The second kappa shape index (κ2) is 11.8. The predicted molar refractivity (Wildman–Crippen MR) is 116 cm³/mol. The second-order valence-electron chi connectivity index (χ2n) is 7.28. The number of rotatable bonds is 9. The van der Waals surface area contributed by atoms with Crippen LogP contribution in [0.15, 0.2) is 26.1 Å². The number of aliphatic hydroxyl groups excluding tert-OH is 6. The van der Waals surface area contributed by atoms with E-state index in [9.17, 15) is 25.5 Å². The fourth-order valence-electron chi connectivity index (χ4n) is 3.21. The van der Waals surface area contributed by atoms with Crippen LogP contribution < -0.4 is 5.32 Å². The number of nitrogens with one attached hydrogen (secondary N) is 1. The molecule has 2 rings (SSSR count). The zero-order chi connectivity index (χ0) is 21.6. The Hall–Kier alpha value is -0.430. The largest absolute Gasteiger partial charge is 0.394 e. The third-order valence-electron chi connectivity index (χ3n) is 5.02. The quantitative estimate of drug-likeness (QED) is 0.229. The molecule has 164 valence electrons. The summed E-state index contributed by atoms with van der Waals surface area (Å²) in [6.07, 6.45) is -2.32. The summed E-state index contributed by atoms with van der Waals surface area (Å²) in [6, 6.07) is 4.01. The van der Waals surface area contributed by atoms with Crippen LogP contribution >= 0.6 is 31.9 Å². The molecule has 0 aliphatic heterocycles. The van der Waals surface area contributed by atoms with Crippen molar-refractivity contribution >= 4 is 43.8 Å². The summed E-state index contributed by atoms with van der Waals surface area (Å²) in [5, 5.41) is 61.1. The van der Waals surface area contributed by atoms with Crippen molar-refractivity contribution in [2.75, 3.05) is 6.61 Å². The molecule has 1 fully saturated rings. The Morgan fingerprint density at radius 1 is 1.07 bits per heavy atom. The van der Waals surface area contributed by atoms with Gasteiger partial charge in [0.2, 0.25) is 0 Å². The standard InChI is InChI=1S/C19H28Br2N2O6/c20-11-5-10(7-22-12-1-3-13(25)4-2-12)17(14(21)6-11)23-8-15(26)18(28)19(29)16(27)9-24/h5-6,8,12-13,15-16,18-19,22,24-29H,1-4,7,9H2/t12?,13?,15-,16+,18+,19+/m0/s1. The molecule has 0 aromatic heterocycles. The maximum atomic E-state index is 10.1. The molecule has 7 N–H and O–H groups in total. The molecule has 29 heavy (non-hydrogen) atoms. The van der Waals surface area contributed by atoms with Crippen LogP contribution in [0.1, 0.15) is 31.2 Å². The highest BCUT2D eigenvalue weighted by atomic mass is 79.9. The summed E-state index contributed by atoms with van der Waals surface area (Å²) in [6.45, 7) is -0.218. The van der Waals surface area contributed by atoms with Crippen LogP contribution in [0.4, 0.5) is 5.69 Å². The minimum Gasteiger partial charge on any atom is -0.394 e. The topological polar surface area (TPSA) is 146 Å². The van der Waals surface area contributed by atoms with Crippen molar-refractivity contribution in [2.45, 2.75) is 68.8 Å². The number of halogens is 2. The van der Waals surface area contributed by atoms with E-state index in [0.717, 1.165) is 41.9 Å². The lowest BCUT2D eigenvalue weighted by atomic mass is 9.93. The summed E-state index contributed by atoms with van der Waals surface area (Å²) in [7, 11) is 0. The van der Waals surface area contributed by atoms with E-state index in [-0.39, 0.29) is 6.10 Å². The molecule has 1 aromatic rings. The minimum absolute atomic E-state index is 0.221. The van der Waals surface area contributed by atoms with Crippen molar-refractivity contribution in [3.8, 4) is 0 Å². The first kappa shape index (κ1) is 24.8. The van der Waals surface area contributed by atoms with E-state index in [1.54, 1.807) is 6.07 Å². The SMILES string of the molecule is OC[C@@H](O)[C@@H](O)[C@H](O)[C@@H](O)C=Nc1c(Br)cc(Br)cc1CNC1CCC(O)CC1. The van der Waals surface area contributed by atoms with Gasteiger partial charge in [-0.25, -0.2) is 0 Å². The van der Waals surface area contributed by atoms with Crippen molar-refractivity contribution in [3.63, 3.8) is 0 Å². The normalized spacial score (nSPS) is 24.4. The van der Waals surface area contributed by atoms with E-state index in [4.69, 9.17) is 5.11 Å². The first-order valence-corrected chi connectivity index (χ1v) is 11.1. The van der Waals surface area contributed by atoms with Crippen molar-refractivity contribution in [1.29, 1.82) is 0 Å². The van der Waals surface area contributed by atoms with Crippen LogP contribution in [-0.4, -0.2) is 80.0 Å². The van der Waals surface area contributed by atoms with E-state index in [1.165, 1.54) is 0 Å². The van der Waals surface area contributed by atoms with Crippen molar-refractivity contribution < 1.29 is 30.6 Å². The fraction of sp³-hybridized carbons (Fsp3) is 0.632.